The lowest BCUT2D eigenvalue weighted by atomic mass is 10.1. The predicted octanol–water partition coefficient (Wildman–Crippen LogP) is 4.77. The van der Waals surface area contributed by atoms with Crippen LogP contribution in [0.3, 0.4) is 0 Å². The molecule has 7 nitrogen and oxygen atoms in total. The van der Waals surface area contributed by atoms with E-state index in [1.165, 1.54) is 0 Å². The maximum atomic E-state index is 12.8. The van der Waals surface area contributed by atoms with E-state index in [4.69, 9.17) is 14.2 Å². The first-order valence-electron chi connectivity index (χ1n) is 11.8. The molecular weight excluding hydrogens is 444 g/mol. The normalized spacial score (nSPS) is 14.7. The summed E-state index contributed by atoms with van der Waals surface area (Å²) in [6.45, 7) is 6.41. The zero-order chi connectivity index (χ0) is 24.8. The fourth-order valence-corrected chi connectivity index (χ4v) is 3.81. The van der Waals surface area contributed by atoms with Gasteiger partial charge in [0.05, 0.1) is 12.2 Å². The number of hydrogen-bond acceptors (Lipinski definition) is 5. The van der Waals surface area contributed by atoms with Crippen molar-refractivity contribution in [2.75, 3.05) is 30.0 Å². The van der Waals surface area contributed by atoms with Gasteiger partial charge in [-0.1, -0.05) is 36.8 Å². The number of rotatable bonds is 9. The molecule has 4 rings (SSSR count). The van der Waals surface area contributed by atoms with Gasteiger partial charge in [-0.25, -0.2) is 0 Å². The number of nitrogens with one attached hydrogen (secondary N) is 1. The van der Waals surface area contributed by atoms with Crippen LogP contribution in [0.15, 0.2) is 66.7 Å². The second-order valence-electron chi connectivity index (χ2n) is 8.43. The van der Waals surface area contributed by atoms with Crippen LogP contribution in [0.1, 0.15) is 25.0 Å². The van der Waals surface area contributed by atoms with E-state index in [0.717, 1.165) is 23.3 Å². The summed E-state index contributed by atoms with van der Waals surface area (Å²) in [6, 6.07) is 20.7. The van der Waals surface area contributed by atoms with Crippen molar-refractivity contribution in [2.24, 2.45) is 0 Å². The minimum absolute atomic E-state index is 0.109. The van der Waals surface area contributed by atoms with Crippen molar-refractivity contribution >= 4 is 23.2 Å². The Morgan fingerprint density at radius 2 is 1.83 bits per heavy atom. The number of amides is 2. The van der Waals surface area contributed by atoms with E-state index in [-0.39, 0.29) is 18.4 Å². The van der Waals surface area contributed by atoms with Gasteiger partial charge in [-0.15, -0.1) is 0 Å². The van der Waals surface area contributed by atoms with Crippen molar-refractivity contribution in [2.45, 2.75) is 33.3 Å². The number of carbonyl (C=O) groups excluding carboxylic acids is 2. The summed E-state index contributed by atoms with van der Waals surface area (Å²) in [4.78, 5) is 26.9. The van der Waals surface area contributed by atoms with Crippen LogP contribution in [0.4, 0.5) is 11.4 Å². The van der Waals surface area contributed by atoms with Gasteiger partial charge in [0, 0.05) is 11.8 Å². The van der Waals surface area contributed by atoms with E-state index in [1.807, 2.05) is 55.5 Å². The van der Waals surface area contributed by atoms with Gasteiger partial charge in [-0.2, -0.15) is 0 Å². The van der Waals surface area contributed by atoms with Crippen molar-refractivity contribution in [3.63, 3.8) is 0 Å². The molecule has 0 fully saturated rings. The van der Waals surface area contributed by atoms with Crippen LogP contribution in [0.2, 0.25) is 0 Å². The summed E-state index contributed by atoms with van der Waals surface area (Å²) >= 11 is 0. The molecule has 0 saturated carbocycles. The number of carbonyl (C=O) groups is 2. The highest BCUT2D eigenvalue weighted by Crippen LogP contribution is 2.36. The molecule has 35 heavy (non-hydrogen) atoms. The molecule has 0 spiro atoms. The van der Waals surface area contributed by atoms with Crippen LogP contribution in [-0.2, 0) is 16.0 Å². The molecule has 182 valence electrons. The lowest BCUT2D eigenvalue weighted by Gasteiger charge is -2.33. The molecule has 2 amide bonds. The first kappa shape index (κ1) is 24.1. The quantitative estimate of drug-likeness (QED) is 0.484. The van der Waals surface area contributed by atoms with Crippen molar-refractivity contribution in [1.82, 2.24) is 0 Å². The smallest absolute Gasteiger partial charge is 0.267 e. The number of fused-ring (bicyclic) bond motifs is 1. The Hall–Kier alpha value is -4.00. The zero-order valence-corrected chi connectivity index (χ0v) is 20.2. The van der Waals surface area contributed by atoms with Crippen molar-refractivity contribution in [3.8, 4) is 17.2 Å². The molecule has 0 bridgehead atoms. The Labute approximate surface area is 205 Å². The standard InChI is InChI=1S/C28H30N2O5/c1-4-21-6-5-7-24(16-21)34-18-27(31)29-22-10-13-25-26(17-22)35-20(3)28(32)30(25)14-15-33-23-11-8-19(2)9-12-23/h5-13,16-17,20H,4,14-15,18H2,1-3H3,(H,29,31). The van der Waals surface area contributed by atoms with Crippen LogP contribution in [-0.4, -0.2) is 37.7 Å². The van der Waals surface area contributed by atoms with Gasteiger partial charge >= 0.3 is 0 Å². The Morgan fingerprint density at radius 1 is 1.03 bits per heavy atom. The number of nitrogens with zero attached hydrogens (tertiary/aromatic N) is 1. The molecule has 1 heterocycles. The van der Waals surface area contributed by atoms with Gasteiger partial charge in [0.2, 0.25) is 0 Å². The molecule has 1 aliphatic rings. The molecular formula is C28H30N2O5. The highest BCUT2D eigenvalue weighted by molar-refractivity contribution is 6.00. The van der Waals surface area contributed by atoms with Crippen LogP contribution in [0.5, 0.6) is 17.2 Å². The first-order chi connectivity index (χ1) is 16.9. The summed E-state index contributed by atoms with van der Waals surface area (Å²) < 4.78 is 17.2. The number of ether oxygens (including phenoxy) is 3. The molecule has 1 N–H and O–H groups in total. The van der Waals surface area contributed by atoms with E-state index >= 15 is 0 Å². The minimum atomic E-state index is -0.637. The predicted molar refractivity (Wildman–Crippen MR) is 136 cm³/mol. The molecule has 0 aliphatic carbocycles. The Kier molecular flexibility index (Phi) is 7.55. The molecule has 1 atom stereocenters. The van der Waals surface area contributed by atoms with Crippen molar-refractivity contribution in [1.29, 1.82) is 0 Å². The van der Waals surface area contributed by atoms with Crippen LogP contribution in [0, 0.1) is 6.92 Å². The van der Waals surface area contributed by atoms with E-state index in [9.17, 15) is 9.59 Å². The number of anilines is 2. The Bertz CT molecular complexity index is 1190. The fraction of sp³-hybridized carbons (Fsp3) is 0.286. The van der Waals surface area contributed by atoms with Gasteiger partial charge in [-0.3, -0.25) is 9.59 Å². The van der Waals surface area contributed by atoms with Gasteiger partial charge in [0.15, 0.2) is 12.7 Å². The second-order valence-corrected chi connectivity index (χ2v) is 8.43. The second kappa shape index (κ2) is 11.0. The molecule has 0 saturated heterocycles. The van der Waals surface area contributed by atoms with E-state index in [0.29, 0.717) is 36.0 Å². The molecule has 1 unspecified atom stereocenters. The monoisotopic (exact) mass is 474 g/mol. The topological polar surface area (TPSA) is 77.1 Å². The lowest BCUT2D eigenvalue weighted by Crippen LogP contribution is -2.46. The summed E-state index contributed by atoms with van der Waals surface area (Å²) in [7, 11) is 0. The third kappa shape index (κ3) is 6.12. The maximum Gasteiger partial charge on any atom is 0.267 e. The fourth-order valence-electron chi connectivity index (χ4n) is 3.81. The summed E-state index contributed by atoms with van der Waals surface area (Å²) in [5, 5.41) is 2.83. The number of benzene rings is 3. The van der Waals surface area contributed by atoms with E-state index in [1.54, 1.807) is 30.0 Å². The number of hydrogen-bond donors (Lipinski definition) is 1. The average Bonchev–Trinajstić information content (AvgIpc) is 2.86. The maximum absolute atomic E-state index is 12.8. The SMILES string of the molecule is CCc1cccc(OCC(=O)Nc2ccc3c(c2)OC(C)C(=O)N3CCOc2ccc(C)cc2)c1. The molecule has 3 aromatic rings. The summed E-state index contributed by atoms with van der Waals surface area (Å²) in [6.07, 6.45) is 0.260. The highest BCUT2D eigenvalue weighted by atomic mass is 16.5. The zero-order valence-electron chi connectivity index (χ0n) is 20.2. The van der Waals surface area contributed by atoms with Crippen LogP contribution in [0.25, 0.3) is 0 Å². The van der Waals surface area contributed by atoms with Gasteiger partial charge in [-0.05, 0) is 62.2 Å². The van der Waals surface area contributed by atoms with Crippen molar-refractivity contribution < 1.29 is 23.8 Å². The Morgan fingerprint density at radius 3 is 2.60 bits per heavy atom. The van der Waals surface area contributed by atoms with Crippen molar-refractivity contribution in [3.05, 3.63) is 77.9 Å². The Balaban J connectivity index is 1.37. The average molecular weight is 475 g/mol. The lowest BCUT2D eigenvalue weighted by molar-refractivity contribution is -0.125. The summed E-state index contributed by atoms with van der Waals surface area (Å²) in [5.74, 6) is 1.52. The van der Waals surface area contributed by atoms with Gasteiger partial charge < -0.3 is 24.4 Å². The van der Waals surface area contributed by atoms with Crippen LogP contribution < -0.4 is 24.4 Å². The molecule has 0 aromatic heterocycles. The van der Waals surface area contributed by atoms with Gasteiger partial charge in [0.1, 0.15) is 23.9 Å². The van der Waals surface area contributed by atoms with E-state index < -0.39 is 6.10 Å². The minimum Gasteiger partial charge on any atom is -0.492 e. The summed E-state index contributed by atoms with van der Waals surface area (Å²) in [5.41, 5.74) is 3.51. The number of aryl methyl sites for hydroxylation is 2. The molecule has 7 heteroatoms. The largest absolute Gasteiger partial charge is 0.492 e. The van der Waals surface area contributed by atoms with E-state index in [2.05, 4.69) is 12.2 Å². The third-order valence-corrected chi connectivity index (χ3v) is 5.73. The molecule has 1 aliphatic heterocycles. The van der Waals surface area contributed by atoms with Crippen LogP contribution >= 0.6 is 0 Å². The van der Waals surface area contributed by atoms with Gasteiger partial charge in [0.25, 0.3) is 11.8 Å². The molecule has 0 radical (unpaired) electrons. The molecule has 3 aromatic carbocycles. The third-order valence-electron chi connectivity index (χ3n) is 5.73. The first-order valence-corrected chi connectivity index (χ1v) is 11.8. The highest BCUT2D eigenvalue weighted by Gasteiger charge is 2.31.